The van der Waals surface area contributed by atoms with Crippen molar-refractivity contribution in [2.45, 2.75) is 25.8 Å². The van der Waals surface area contributed by atoms with E-state index < -0.39 is 0 Å². The minimum Gasteiger partial charge on any atom is -0.352 e. The summed E-state index contributed by atoms with van der Waals surface area (Å²) in [7, 11) is 0. The Bertz CT molecular complexity index is 920. The van der Waals surface area contributed by atoms with Crippen molar-refractivity contribution < 1.29 is 4.79 Å². The first-order chi connectivity index (χ1) is 13.8. The van der Waals surface area contributed by atoms with E-state index in [4.69, 9.17) is 10.8 Å². The largest absolute Gasteiger partial charge is 0.352 e. The van der Waals surface area contributed by atoms with Crippen LogP contribution in [-0.2, 0) is 11.3 Å². The lowest BCUT2D eigenvalue weighted by Crippen LogP contribution is -2.34. The predicted octanol–water partition coefficient (Wildman–Crippen LogP) is 3.53. The molecular weight excluding hydrogens is 348 g/mol. The molecule has 5 heteroatoms. The average Bonchev–Trinajstić information content (AvgIpc) is 3.40. The van der Waals surface area contributed by atoms with Gasteiger partial charge in [0.25, 0.3) is 0 Å². The monoisotopic (exact) mass is 374 g/mol. The zero-order chi connectivity index (χ0) is 19.3. The minimum absolute atomic E-state index is 0.0364. The van der Waals surface area contributed by atoms with Gasteiger partial charge in [0.2, 0.25) is 5.91 Å². The van der Waals surface area contributed by atoms with Gasteiger partial charge >= 0.3 is 0 Å². The van der Waals surface area contributed by atoms with Gasteiger partial charge in [0.15, 0.2) is 0 Å². The number of nitrogens with two attached hydrogens (primary N) is 1. The summed E-state index contributed by atoms with van der Waals surface area (Å²) in [6.45, 7) is 1.04. The van der Waals surface area contributed by atoms with Crippen molar-refractivity contribution in [2.75, 3.05) is 6.54 Å². The molecule has 28 heavy (non-hydrogen) atoms. The summed E-state index contributed by atoms with van der Waals surface area (Å²) in [5.74, 6) is 0.453. The normalized spacial score (nSPS) is 18.9. The molecule has 4 rings (SSSR count). The number of benzene rings is 2. The molecule has 1 heterocycles. The van der Waals surface area contributed by atoms with Gasteiger partial charge in [0, 0.05) is 29.8 Å². The van der Waals surface area contributed by atoms with E-state index in [1.807, 2.05) is 71.5 Å². The number of hydrogen-bond acceptors (Lipinski definition) is 3. The summed E-state index contributed by atoms with van der Waals surface area (Å²) in [5, 5.41) is 7.93. The first-order valence-electron chi connectivity index (χ1n) is 9.93. The fourth-order valence-electron chi connectivity index (χ4n) is 4.07. The summed E-state index contributed by atoms with van der Waals surface area (Å²) in [5.41, 5.74) is 9.78. The number of nitrogens with zero attached hydrogens (tertiary/aromatic N) is 2. The second-order valence-electron chi connectivity index (χ2n) is 7.40. The molecule has 1 aromatic heterocycles. The fraction of sp³-hybridized carbons (Fsp3) is 0.304. The van der Waals surface area contributed by atoms with Crippen LogP contribution in [0.3, 0.4) is 0 Å². The van der Waals surface area contributed by atoms with Gasteiger partial charge in [0.1, 0.15) is 0 Å². The van der Waals surface area contributed by atoms with E-state index in [9.17, 15) is 4.79 Å². The molecule has 5 nitrogen and oxygen atoms in total. The van der Waals surface area contributed by atoms with Crippen LogP contribution in [0.2, 0.25) is 0 Å². The molecule has 0 saturated heterocycles. The lowest BCUT2D eigenvalue weighted by atomic mass is 9.95. The molecule has 1 saturated carbocycles. The van der Waals surface area contributed by atoms with Gasteiger partial charge in [-0.2, -0.15) is 5.10 Å². The summed E-state index contributed by atoms with van der Waals surface area (Å²) >= 11 is 0. The third-order valence-electron chi connectivity index (χ3n) is 5.61. The van der Waals surface area contributed by atoms with E-state index in [0.717, 1.165) is 41.8 Å². The number of nitrogens with one attached hydrogen (secondary N) is 1. The number of rotatable bonds is 6. The second kappa shape index (κ2) is 8.40. The number of para-hydroxylation sites is 1. The van der Waals surface area contributed by atoms with E-state index in [-0.39, 0.29) is 11.8 Å². The second-order valence-corrected chi connectivity index (χ2v) is 7.40. The Hall–Kier alpha value is -2.92. The highest BCUT2D eigenvalue weighted by atomic mass is 16.1. The molecule has 0 spiro atoms. The Morgan fingerprint density at radius 3 is 2.50 bits per heavy atom. The van der Waals surface area contributed by atoms with Crippen LogP contribution in [0.1, 0.15) is 24.8 Å². The first-order valence-corrected chi connectivity index (χ1v) is 9.93. The zero-order valence-corrected chi connectivity index (χ0v) is 15.9. The number of carbonyl (C=O) groups excluding carboxylic acids is 1. The molecular formula is C23H26N4O. The maximum absolute atomic E-state index is 12.7. The molecule has 0 aliphatic heterocycles. The maximum Gasteiger partial charge on any atom is 0.223 e. The molecule has 3 aromatic rings. The van der Waals surface area contributed by atoms with Gasteiger partial charge in [-0.15, -0.1) is 0 Å². The minimum atomic E-state index is 0.0364. The molecule has 144 valence electrons. The van der Waals surface area contributed by atoms with Gasteiger partial charge in [-0.1, -0.05) is 55.0 Å². The first kappa shape index (κ1) is 18.4. The summed E-state index contributed by atoms with van der Waals surface area (Å²) in [6, 6.07) is 20.1. The molecule has 1 aliphatic carbocycles. The quantitative estimate of drug-likeness (QED) is 0.693. The maximum atomic E-state index is 12.7. The van der Waals surface area contributed by atoms with Crippen molar-refractivity contribution in [3.63, 3.8) is 0 Å². The third-order valence-corrected chi connectivity index (χ3v) is 5.61. The van der Waals surface area contributed by atoms with Crippen molar-refractivity contribution in [2.24, 2.45) is 17.6 Å². The van der Waals surface area contributed by atoms with E-state index >= 15 is 0 Å². The van der Waals surface area contributed by atoms with Crippen LogP contribution in [0.5, 0.6) is 0 Å². The Kier molecular flexibility index (Phi) is 5.53. The Morgan fingerprint density at radius 1 is 1.07 bits per heavy atom. The lowest BCUT2D eigenvalue weighted by molar-refractivity contribution is -0.126. The number of carbonyl (C=O) groups is 1. The van der Waals surface area contributed by atoms with Gasteiger partial charge in [0.05, 0.1) is 11.4 Å². The number of amides is 1. The third kappa shape index (κ3) is 3.85. The van der Waals surface area contributed by atoms with Crippen LogP contribution in [0.25, 0.3) is 16.9 Å². The molecule has 0 radical (unpaired) electrons. The standard InChI is InChI=1S/C23H26N4O/c24-14-18-10-7-13-21(18)23(28)25-15-19-16-27(20-11-5-2-6-12-20)26-22(19)17-8-3-1-4-9-17/h1-6,8-9,11-12,16,18,21H,7,10,13-15,24H2,(H,25,28)/t18-,21-/m1/s1. The molecule has 1 aliphatic rings. The Balaban J connectivity index is 1.58. The summed E-state index contributed by atoms with van der Waals surface area (Å²) in [4.78, 5) is 12.7. The SMILES string of the molecule is NC[C@H]1CCC[C@H]1C(=O)NCc1cn(-c2ccccc2)nc1-c1ccccc1. The number of aromatic nitrogens is 2. The Labute approximate surface area is 165 Å². The van der Waals surface area contributed by atoms with Gasteiger partial charge in [-0.25, -0.2) is 4.68 Å². The van der Waals surface area contributed by atoms with E-state index in [2.05, 4.69) is 5.32 Å². The van der Waals surface area contributed by atoms with Crippen LogP contribution >= 0.6 is 0 Å². The molecule has 2 atom stereocenters. The lowest BCUT2D eigenvalue weighted by Gasteiger charge is -2.17. The molecule has 1 fully saturated rings. The van der Waals surface area contributed by atoms with Crippen molar-refractivity contribution >= 4 is 5.91 Å². The topological polar surface area (TPSA) is 72.9 Å². The molecule has 0 bridgehead atoms. The zero-order valence-electron chi connectivity index (χ0n) is 15.9. The predicted molar refractivity (Wildman–Crippen MR) is 111 cm³/mol. The van der Waals surface area contributed by atoms with Crippen molar-refractivity contribution in [3.8, 4) is 16.9 Å². The molecule has 2 aromatic carbocycles. The highest BCUT2D eigenvalue weighted by molar-refractivity contribution is 5.79. The van der Waals surface area contributed by atoms with Crippen molar-refractivity contribution in [3.05, 3.63) is 72.4 Å². The van der Waals surface area contributed by atoms with Crippen LogP contribution in [0.4, 0.5) is 0 Å². The van der Waals surface area contributed by atoms with Gasteiger partial charge < -0.3 is 11.1 Å². The number of hydrogen-bond donors (Lipinski definition) is 2. The average molecular weight is 374 g/mol. The summed E-state index contributed by atoms with van der Waals surface area (Å²) < 4.78 is 1.88. The van der Waals surface area contributed by atoms with Crippen LogP contribution in [0.15, 0.2) is 66.9 Å². The summed E-state index contributed by atoms with van der Waals surface area (Å²) in [6.07, 6.45) is 5.08. The van der Waals surface area contributed by atoms with Crippen LogP contribution in [-0.4, -0.2) is 22.2 Å². The fourth-order valence-corrected chi connectivity index (χ4v) is 4.07. The Morgan fingerprint density at radius 2 is 1.79 bits per heavy atom. The smallest absolute Gasteiger partial charge is 0.223 e. The van der Waals surface area contributed by atoms with Gasteiger partial charge in [-0.3, -0.25) is 4.79 Å². The van der Waals surface area contributed by atoms with E-state index in [1.165, 1.54) is 0 Å². The van der Waals surface area contributed by atoms with E-state index in [0.29, 0.717) is 19.0 Å². The van der Waals surface area contributed by atoms with Gasteiger partial charge in [-0.05, 0) is 37.4 Å². The highest BCUT2D eigenvalue weighted by Crippen LogP contribution is 2.31. The van der Waals surface area contributed by atoms with Crippen LogP contribution in [0, 0.1) is 11.8 Å². The molecule has 1 amide bonds. The van der Waals surface area contributed by atoms with Crippen molar-refractivity contribution in [1.29, 1.82) is 0 Å². The molecule has 0 unspecified atom stereocenters. The van der Waals surface area contributed by atoms with E-state index in [1.54, 1.807) is 0 Å². The molecule has 3 N–H and O–H groups in total. The van der Waals surface area contributed by atoms with Crippen molar-refractivity contribution in [1.82, 2.24) is 15.1 Å². The van der Waals surface area contributed by atoms with Crippen LogP contribution < -0.4 is 11.1 Å². The highest BCUT2D eigenvalue weighted by Gasteiger charge is 2.31.